The minimum atomic E-state index is -1.02. The highest BCUT2D eigenvalue weighted by molar-refractivity contribution is 5.87. The first-order chi connectivity index (χ1) is 15.4. The van der Waals surface area contributed by atoms with Crippen LogP contribution in [0.25, 0.3) is 11.1 Å². The molecule has 1 aromatic heterocycles. The maximum absolute atomic E-state index is 14.8. The maximum atomic E-state index is 14.8. The SMILES string of the molecule is CCOC(=O)N1CC(COc2ncc(-c3cccc(COC(=O)N=C(N)N)c3F)cn2)C1. The second-order valence-corrected chi connectivity index (χ2v) is 6.91. The second-order valence-electron chi connectivity index (χ2n) is 6.91. The highest BCUT2D eigenvalue weighted by Gasteiger charge is 2.32. The van der Waals surface area contributed by atoms with Crippen molar-refractivity contribution in [2.24, 2.45) is 22.4 Å². The Morgan fingerprint density at radius 3 is 2.59 bits per heavy atom. The largest absolute Gasteiger partial charge is 0.463 e. The first-order valence-electron chi connectivity index (χ1n) is 9.78. The molecule has 0 bridgehead atoms. The smallest absolute Gasteiger partial charge is 0.437 e. The van der Waals surface area contributed by atoms with Crippen LogP contribution in [0.3, 0.4) is 0 Å². The molecule has 4 N–H and O–H groups in total. The lowest BCUT2D eigenvalue weighted by molar-refractivity contribution is 0.0385. The Kier molecular flexibility index (Phi) is 7.37. The Hall–Kier alpha value is -3.96. The van der Waals surface area contributed by atoms with Crippen LogP contribution in [0.1, 0.15) is 12.5 Å². The van der Waals surface area contributed by atoms with Crippen molar-refractivity contribution in [2.75, 3.05) is 26.3 Å². The van der Waals surface area contributed by atoms with Gasteiger partial charge in [0, 0.05) is 48.1 Å². The van der Waals surface area contributed by atoms with E-state index < -0.39 is 17.9 Å². The molecule has 1 aliphatic rings. The third kappa shape index (κ3) is 5.80. The lowest BCUT2D eigenvalue weighted by Gasteiger charge is -2.37. The Bertz CT molecular complexity index is 990. The molecule has 0 saturated carbocycles. The summed E-state index contributed by atoms with van der Waals surface area (Å²) in [6.45, 7) is 3.18. The zero-order valence-corrected chi connectivity index (χ0v) is 17.4. The molecule has 1 fully saturated rings. The number of nitrogens with two attached hydrogens (primary N) is 2. The number of nitrogens with zero attached hydrogens (tertiary/aromatic N) is 4. The van der Waals surface area contributed by atoms with Gasteiger partial charge in [0.25, 0.3) is 0 Å². The van der Waals surface area contributed by atoms with E-state index in [1.54, 1.807) is 24.0 Å². The lowest BCUT2D eigenvalue weighted by Crippen LogP contribution is -2.52. The number of likely N-dealkylation sites (tertiary alicyclic amines) is 1. The van der Waals surface area contributed by atoms with E-state index in [0.29, 0.717) is 31.9 Å². The first-order valence-corrected chi connectivity index (χ1v) is 9.78. The summed E-state index contributed by atoms with van der Waals surface area (Å²) < 4.78 is 30.1. The van der Waals surface area contributed by atoms with Crippen molar-refractivity contribution in [3.05, 3.63) is 42.0 Å². The molecule has 1 saturated heterocycles. The van der Waals surface area contributed by atoms with E-state index in [0.717, 1.165) is 0 Å². The fourth-order valence-corrected chi connectivity index (χ4v) is 2.95. The van der Waals surface area contributed by atoms with Gasteiger partial charge >= 0.3 is 18.2 Å². The van der Waals surface area contributed by atoms with Crippen LogP contribution in [0.4, 0.5) is 14.0 Å². The molecule has 0 aliphatic carbocycles. The molecule has 0 spiro atoms. The average molecular weight is 446 g/mol. The van der Waals surface area contributed by atoms with Crippen molar-refractivity contribution < 1.29 is 28.2 Å². The minimum Gasteiger partial charge on any atom is -0.463 e. The summed E-state index contributed by atoms with van der Waals surface area (Å²) in [6, 6.07) is 4.77. The van der Waals surface area contributed by atoms with Crippen LogP contribution in [0.2, 0.25) is 0 Å². The van der Waals surface area contributed by atoms with Gasteiger partial charge in [-0.1, -0.05) is 18.2 Å². The van der Waals surface area contributed by atoms with E-state index in [1.807, 2.05) is 0 Å². The molecule has 11 nitrogen and oxygen atoms in total. The molecular formula is C20H23FN6O5. The van der Waals surface area contributed by atoms with Crippen LogP contribution in [0.5, 0.6) is 6.01 Å². The van der Waals surface area contributed by atoms with Crippen molar-refractivity contribution in [3.63, 3.8) is 0 Å². The number of rotatable bonds is 7. The van der Waals surface area contributed by atoms with Gasteiger partial charge in [-0.25, -0.2) is 23.9 Å². The number of carbonyl (C=O) groups is 2. The number of hydrogen-bond donors (Lipinski definition) is 2. The number of carbonyl (C=O) groups excluding carboxylic acids is 2. The quantitative estimate of drug-likeness (QED) is 0.477. The molecule has 12 heteroatoms. The highest BCUT2D eigenvalue weighted by atomic mass is 19.1. The Labute approximate surface area is 183 Å². The number of hydrogen-bond acceptors (Lipinski definition) is 7. The van der Waals surface area contributed by atoms with E-state index in [4.69, 9.17) is 25.7 Å². The van der Waals surface area contributed by atoms with Crippen LogP contribution in [-0.2, 0) is 16.1 Å². The Morgan fingerprint density at radius 1 is 1.22 bits per heavy atom. The summed E-state index contributed by atoms with van der Waals surface area (Å²) in [5.41, 5.74) is 11.0. The normalized spacial score (nSPS) is 13.1. The molecule has 2 aromatic rings. The highest BCUT2D eigenvalue weighted by Crippen LogP contribution is 2.25. The van der Waals surface area contributed by atoms with Gasteiger partial charge in [-0.15, -0.1) is 4.99 Å². The van der Waals surface area contributed by atoms with Crippen LogP contribution >= 0.6 is 0 Å². The van der Waals surface area contributed by atoms with Crippen molar-refractivity contribution in [1.29, 1.82) is 0 Å². The zero-order chi connectivity index (χ0) is 23.1. The van der Waals surface area contributed by atoms with Gasteiger partial charge in [0.05, 0.1) is 13.2 Å². The molecule has 2 heterocycles. The summed E-state index contributed by atoms with van der Waals surface area (Å²) in [5, 5.41) is 0. The molecule has 170 valence electrons. The first kappa shape index (κ1) is 22.7. The predicted molar refractivity (Wildman–Crippen MR) is 111 cm³/mol. The molecular weight excluding hydrogens is 423 g/mol. The molecule has 32 heavy (non-hydrogen) atoms. The molecule has 1 aliphatic heterocycles. The summed E-state index contributed by atoms with van der Waals surface area (Å²) in [4.78, 5) is 36.0. The van der Waals surface area contributed by atoms with E-state index in [-0.39, 0.29) is 35.8 Å². The number of ether oxygens (including phenoxy) is 3. The lowest BCUT2D eigenvalue weighted by atomic mass is 10.0. The monoisotopic (exact) mass is 446 g/mol. The maximum Gasteiger partial charge on any atom is 0.437 e. The predicted octanol–water partition coefficient (Wildman–Crippen LogP) is 1.66. The average Bonchev–Trinajstić information content (AvgIpc) is 2.72. The Balaban J connectivity index is 1.55. The van der Waals surface area contributed by atoms with Crippen LogP contribution in [0.15, 0.2) is 35.6 Å². The number of aromatic nitrogens is 2. The van der Waals surface area contributed by atoms with Crippen molar-refractivity contribution in [3.8, 4) is 17.1 Å². The number of benzene rings is 1. The molecule has 0 unspecified atom stereocenters. The van der Waals surface area contributed by atoms with E-state index >= 15 is 0 Å². The second kappa shape index (κ2) is 10.4. The van der Waals surface area contributed by atoms with Crippen LogP contribution in [-0.4, -0.2) is 59.3 Å². The summed E-state index contributed by atoms with van der Waals surface area (Å²) in [5.74, 6) is -0.869. The fraction of sp³-hybridized carbons (Fsp3) is 0.350. The van der Waals surface area contributed by atoms with Crippen molar-refractivity contribution in [1.82, 2.24) is 14.9 Å². The van der Waals surface area contributed by atoms with E-state index in [9.17, 15) is 14.0 Å². The standard InChI is InChI=1S/C20H23FN6O5/c1-2-30-20(29)27-8-12(9-27)10-31-18-24-6-14(7-25-18)15-5-3-4-13(16(15)21)11-32-19(28)26-17(22)23/h3-7,12H,2,8-11H2,1H3,(H4,22,23,26,28). The molecule has 0 radical (unpaired) electrons. The van der Waals surface area contributed by atoms with Gasteiger partial charge < -0.3 is 30.6 Å². The van der Waals surface area contributed by atoms with Crippen molar-refractivity contribution in [2.45, 2.75) is 13.5 Å². The molecule has 2 amide bonds. The summed E-state index contributed by atoms with van der Waals surface area (Å²) in [7, 11) is 0. The number of halogens is 1. The van der Waals surface area contributed by atoms with Crippen LogP contribution in [0, 0.1) is 11.7 Å². The van der Waals surface area contributed by atoms with Crippen LogP contribution < -0.4 is 16.2 Å². The van der Waals surface area contributed by atoms with Gasteiger partial charge in [0.15, 0.2) is 5.96 Å². The van der Waals surface area contributed by atoms with Crippen molar-refractivity contribution >= 4 is 18.1 Å². The number of guanidine groups is 1. The number of amides is 2. The van der Waals surface area contributed by atoms with E-state index in [1.165, 1.54) is 18.5 Å². The molecule has 1 aromatic carbocycles. The zero-order valence-electron chi connectivity index (χ0n) is 17.4. The Morgan fingerprint density at radius 2 is 1.94 bits per heavy atom. The topological polar surface area (TPSA) is 155 Å². The number of aliphatic imine (C=N–C) groups is 1. The third-order valence-electron chi connectivity index (χ3n) is 4.52. The minimum absolute atomic E-state index is 0.137. The summed E-state index contributed by atoms with van der Waals surface area (Å²) in [6.07, 6.45) is 1.51. The van der Waals surface area contributed by atoms with Gasteiger partial charge in [0.2, 0.25) is 0 Å². The van der Waals surface area contributed by atoms with Gasteiger partial charge in [-0.3, -0.25) is 0 Å². The summed E-state index contributed by atoms with van der Waals surface area (Å²) >= 11 is 0. The molecule has 3 rings (SSSR count). The fourth-order valence-electron chi connectivity index (χ4n) is 2.95. The van der Waals surface area contributed by atoms with Gasteiger partial charge in [-0.05, 0) is 6.92 Å². The van der Waals surface area contributed by atoms with E-state index in [2.05, 4.69) is 15.0 Å². The molecule has 0 atom stereocenters. The van der Waals surface area contributed by atoms with Gasteiger partial charge in [0.1, 0.15) is 12.4 Å². The third-order valence-corrected chi connectivity index (χ3v) is 4.52. The van der Waals surface area contributed by atoms with Gasteiger partial charge in [-0.2, -0.15) is 0 Å².